The summed E-state index contributed by atoms with van der Waals surface area (Å²) in [4.78, 5) is 0. The van der Waals surface area contributed by atoms with Gasteiger partial charge in [0.2, 0.25) is 0 Å². The summed E-state index contributed by atoms with van der Waals surface area (Å²) >= 11 is 5.56. The van der Waals surface area contributed by atoms with Crippen LogP contribution in [0.5, 0.6) is 0 Å². The van der Waals surface area contributed by atoms with E-state index in [1.165, 1.54) is 4.68 Å². The Hall–Kier alpha value is -0.540. The Bertz CT molecular complexity index is 209. The first kappa shape index (κ1) is 6.58. The number of aromatic nitrogens is 2. The number of rotatable bonds is 1. The zero-order valence-electron chi connectivity index (χ0n) is 4.97. The molecule has 9 heavy (non-hydrogen) atoms. The molecule has 4 heteroatoms. The lowest BCUT2D eigenvalue weighted by molar-refractivity contribution is 0.173. The van der Waals surface area contributed by atoms with E-state index < -0.39 is 0 Å². The summed E-state index contributed by atoms with van der Waals surface area (Å²) < 4.78 is 1.52. The Labute approximate surface area is 57.9 Å². The first-order valence-corrected chi connectivity index (χ1v) is 2.88. The molecule has 1 aromatic rings. The van der Waals surface area contributed by atoms with Gasteiger partial charge in [-0.15, -0.1) is 0 Å². The fourth-order valence-corrected chi connectivity index (χ4v) is 0.837. The van der Waals surface area contributed by atoms with E-state index in [-0.39, 0.29) is 6.61 Å². The number of aryl methyl sites for hydroxylation is 1. The molecule has 0 aliphatic carbocycles. The van der Waals surface area contributed by atoms with Crippen LogP contribution in [0, 0.1) is 0 Å². The van der Waals surface area contributed by atoms with E-state index in [1.54, 1.807) is 13.2 Å². The van der Waals surface area contributed by atoms with Gasteiger partial charge in [-0.25, -0.2) is 5.11 Å². The van der Waals surface area contributed by atoms with E-state index in [4.69, 9.17) is 11.6 Å². The van der Waals surface area contributed by atoms with Gasteiger partial charge in [0.15, 0.2) is 0 Å². The van der Waals surface area contributed by atoms with Crippen molar-refractivity contribution in [1.29, 1.82) is 0 Å². The van der Waals surface area contributed by atoms with Gasteiger partial charge >= 0.3 is 0 Å². The number of nitrogens with zero attached hydrogens (tertiary/aromatic N) is 2. The molecule has 0 spiro atoms. The molecule has 0 aromatic carbocycles. The number of hydrogen-bond acceptors (Lipinski definition) is 1. The molecule has 0 bridgehead atoms. The second-order valence-electron chi connectivity index (χ2n) is 1.74. The van der Waals surface area contributed by atoms with Crippen LogP contribution in [0.4, 0.5) is 0 Å². The van der Waals surface area contributed by atoms with Crippen LogP contribution in [0.1, 0.15) is 5.69 Å². The van der Waals surface area contributed by atoms with E-state index >= 15 is 0 Å². The minimum Gasteiger partial charge on any atom is -0.274 e. The molecule has 0 N–H and O–H groups in total. The van der Waals surface area contributed by atoms with Gasteiger partial charge in [-0.3, -0.25) is 4.68 Å². The quantitative estimate of drug-likeness (QED) is 0.581. The molecule has 0 aliphatic heterocycles. The topological polar surface area (TPSA) is 37.7 Å². The van der Waals surface area contributed by atoms with Crippen molar-refractivity contribution in [1.82, 2.24) is 9.78 Å². The summed E-state index contributed by atoms with van der Waals surface area (Å²) in [6.45, 7) is -0.348. The SMILES string of the molecule is Cn1cc(Cl)c(C[O])n1. The summed E-state index contributed by atoms with van der Waals surface area (Å²) in [6.07, 6.45) is 1.61. The lowest BCUT2D eigenvalue weighted by Gasteiger charge is -1.82. The van der Waals surface area contributed by atoms with Gasteiger partial charge in [-0.2, -0.15) is 5.10 Å². The molecule has 0 aliphatic rings. The first-order chi connectivity index (χ1) is 4.24. The first-order valence-electron chi connectivity index (χ1n) is 2.50. The van der Waals surface area contributed by atoms with Crippen LogP contribution < -0.4 is 0 Å². The van der Waals surface area contributed by atoms with E-state index in [0.29, 0.717) is 10.7 Å². The van der Waals surface area contributed by atoms with Gasteiger partial charge in [-0.1, -0.05) is 11.6 Å². The van der Waals surface area contributed by atoms with Gasteiger partial charge in [0.25, 0.3) is 0 Å². The third-order valence-electron chi connectivity index (χ3n) is 0.991. The monoisotopic (exact) mass is 145 g/mol. The molecule has 0 fully saturated rings. The van der Waals surface area contributed by atoms with E-state index in [9.17, 15) is 5.11 Å². The highest BCUT2D eigenvalue weighted by atomic mass is 35.5. The molecule has 0 atom stereocenters. The maximum Gasteiger partial charge on any atom is 0.128 e. The van der Waals surface area contributed by atoms with Gasteiger partial charge in [0.1, 0.15) is 12.3 Å². The molecule has 1 heterocycles. The van der Waals surface area contributed by atoms with E-state index in [1.807, 2.05) is 0 Å². The van der Waals surface area contributed by atoms with Gasteiger partial charge < -0.3 is 0 Å². The van der Waals surface area contributed by atoms with Crippen molar-refractivity contribution in [2.75, 3.05) is 0 Å². The largest absolute Gasteiger partial charge is 0.274 e. The Morgan fingerprint density at radius 3 is 2.78 bits per heavy atom. The van der Waals surface area contributed by atoms with Crippen LogP contribution in [0.3, 0.4) is 0 Å². The van der Waals surface area contributed by atoms with Gasteiger partial charge in [0, 0.05) is 13.2 Å². The summed E-state index contributed by atoms with van der Waals surface area (Å²) in [5, 5.41) is 14.5. The molecule has 0 saturated carbocycles. The maximum absolute atomic E-state index is 10.2. The zero-order chi connectivity index (χ0) is 6.85. The van der Waals surface area contributed by atoms with Gasteiger partial charge in [0.05, 0.1) is 5.02 Å². The minimum absolute atomic E-state index is 0.348. The predicted molar refractivity (Wildman–Crippen MR) is 32.6 cm³/mol. The van der Waals surface area contributed by atoms with Crippen LogP contribution in [-0.4, -0.2) is 9.78 Å². The summed E-state index contributed by atoms with van der Waals surface area (Å²) in [7, 11) is 1.73. The van der Waals surface area contributed by atoms with Crippen molar-refractivity contribution in [2.24, 2.45) is 7.05 Å². The van der Waals surface area contributed by atoms with E-state index in [0.717, 1.165) is 0 Å². The predicted octanol–water partition coefficient (Wildman–Crippen LogP) is 1.00. The highest BCUT2D eigenvalue weighted by molar-refractivity contribution is 6.31. The average Bonchev–Trinajstić information content (AvgIpc) is 2.10. The third-order valence-corrected chi connectivity index (χ3v) is 1.31. The van der Waals surface area contributed by atoms with Crippen LogP contribution in [0.2, 0.25) is 5.02 Å². The molecule has 0 unspecified atom stereocenters. The molecule has 1 aromatic heterocycles. The van der Waals surface area contributed by atoms with Crippen molar-refractivity contribution >= 4 is 11.6 Å². The highest BCUT2D eigenvalue weighted by Gasteiger charge is 2.02. The van der Waals surface area contributed by atoms with Crippen LogP contribution >= 0.6 is 11.6 Å². The Kier molecular flexibility index (Phi) is 1.73. The number of halogens is 1. The Balaban J connectivity index is 3.01. The molecule has 3 nitrogen and oxygen atoms in total. The van der Waals surface area contributed by atoms with Crippen molar-refractivity contribution < 1.29 is 5.11 Å². The normalized spacial score (nSPS) is 10.1. The van der Waals surface area contributed by atoms with Crippen molar-refractivity contribution in [3.8, 4) is 0 Å². The fraction of sp³-hybridized carbons (Fsp3) is 0.400. The Morgan fingerprint density at radius 2 is 2.56 bits per heavy atom. The average molecular weight is 146 g/mol. The third kappa shape index (κ3) is 1.23. The van der Waals surface area contributed by atoms with Crippen molar-refractivity contribution in [3.05, 3.63) is 16.9 Å². The molecular weight excluding hydrogens is 140 g/mol. The molecule has 1 rings (SSSR count). The molecule has 1 radical (unpaired) electrons. The van der Waals surface area contributed by atoms with Crippen molar-refractivity contribution in [2.45, 2.75) is 6.61 Å². The van der Waals surface area contributed by atoms with Crippen molar-refractivity contribution in [3.63, 3.8) is 0 Å². The second kappa shape index (κ2) is 2.37. The minimum atomic E-state index is -0.348. The maximum atomic E-state index is 10.2. The molecule has 49 valence electrons. The standard InChI is InChI=1S/C5H6ClN2O/c1-8-2-4(6)5(3-9)7-8/h2H,3H2,1H3. The lowest BCUT2D eigenvalue weighted by Crippen LogP contribution is -1.89. The fourth-order valence-electron chi connectivity index (χ4n) is 0.603. The number of hydrogen-bond donors (Lipinski definition) is 0. The summed E-state index contributed by atoms with van der Waals surface area (Å²) in [5.41, 5.74) is 0.416. The van der Waals surface area contributed by atoms with Crippen LogP contribution in [-0.2, 0) is 18.8 Å². The molecule has 0 amide bonds. The molecule has 0 saturated heterocycles. The van der Waals surface area contributed by atoms with Crippen LogP contribution in [0.25, 0.3) is 0 Å². The smallest absolute Gasteiger partial charge is 0.128 e. The van der Waals surface area contributed by atoms with Gasteiger partial charge in [-0.05, 0) is 0 Å². The summed E-state index contributed by atoms with van der Waals surface area (Å²) in [5.74, 6) is 0. The lowest BCUT2D eigenvalue weighted by atomic mass is 10.5. The summed E-state index contributed by atoms with van der Waals surface area (Å²) in [6, 6.07) is 0. The zero-order valence-corrected chi connectivity index (χ0v) is 5.72. The van der Waals surface area contributed by atoms with E-state index in [2.05, 4.69) is 5.10 Å². The second-order valence-corrected chi connectivity index (χ2v) is 2.15. The Morgan fingerprint density at radius 1 is 1.89 bits per heavy atom. The van der Waals surface area contributed by atoms with Crippen LogP contribution in [0.15, 0.2) is 6.20 Å². The molecular formula is C5H6ClN2O. The highest BCUT2D eigenvalue weighted by Crippen LogP contribution is 2.11.